The van der Waals surface area contributed by atoms with Crippen molar-refractivity contribution in [3.8, 4) is 0 Å². The molecule has 1 atom stereocenters. The van der Waals surface area contributed by atoms with Crippen LogP contribution < -0.4 is 5.43 Å². The molecule has 7 heteroatoms. The van der Waals surface area contributed by atoms with Gasteiger partial charge in [0.2, 0.25) is 5.43 Å². The molecule has 2 aromatic heterocycles. The number of alkyl halides is 3. The van der Waals surface area contributed by atoms with Gasteiger partial charge in [0.1, 0.15) is 5.82 Å². The van der Waals surface area contributed by atoms with Gasteiger partial charge in [0, 0.05) is 24.9 Å². The Labute approximate surface area is 159 Å². The highest BCUT2D eigenvalue weighted by Gasteiger charge is 2.43. The lowest BCUT2D eigenvalue weighted by atomic mass is 9.75. The number of furan rings is 1. The van der Waals surface area contributed by atoms with Gasteiger partial charge in [0.25, 0.3) is 0 Å². The Morgan fingerprint density at radius 1 is 1.14 bits per heavy atom. The summed E-state index contributed by atoms with van der Waals surface area (Å²) in [7, 11) is 0. The van der Waals surface area contributed by atoms with E-state index in [-0.39, 0.29) is 24.0 Å². The largest absolute Gasteiger partial charge is 0.459 e. The van der Waals surface area contributed by atoms with E-state index in [1.165, 1.54) is 41.3 Å². The van der Waals surface area contributed by atoms with E-state index in [1.807, 2.05) is 0 Å². The first-order chi connectivity index (χ1) is 13.0. The van der Waals surface area contributed by atoms with E-state index >= 15 is 0 Å². The van der Waals surface area contributed by atoms with Crippen molar-refractivity contribution in [2.45, 2.75) is 45.3 Å². The van der Waals surface area contributed by atoms with Crippen LogP contribution in [-0.4, -0.2) is 10.7 Å². The number of hydrogen-bond donors (Lipinski definition) is 0. The number of fused-ring (bicyclic) bond motifs is 1. The molecule has 0 aliphatic heterocycles. The van der Waals surface area contributed by atoms with E-state index < -0.39 is 23.3 Å². The molecule has 3 rings (SSSR count). The van der Waals surface area contributed by atoms with Crippen molar-refractivity contribution in [2.75, 3.05) is 0 Å². The first-order valence-electron chi connectivity index (χ1n) is 8.89. The number of hydrogen-bond acceptors (Lipinski definition) is 2. The third-order valence-electron chi connectivity index (χ3n) is 5.15. The van der Waals surface area contributed by atoms with Crippen LogP contribution in [0.25, 0.3) is 11.1 Å². The van der Waals surface area contributed by atoms with Crippen LogP contribution in [0.5, 0.6) is 0 Å². The third-order valence-corrected chi connectivity index (χ3v) is 5.15. The lowest BCUT2D eigenvalue weighted by Crippen LogP contribution is -2.34. The Balaban J connectivity index is 1.97. The van der Waals surface area contributed by atoms with Crippen LogP contribution in [-0.2, 0) is 12.0 Å². The Hall–Kier alpha value is -2.57. The average molecular weight is 395 g/mol. The zero-order valence-corrected chi connectivity index (χ0v) is 15.8. The first-order valence-corrected chi connectivity index (χ1v) is 8.89. The molecule has 1 aromatic carbocycles. The fourth-order valence-corrected chi connectivity index (χ4v) is 3.76. The Bertz CT molecular complexity index is 1050. The van der Waals surface area contributed by atoms with Crippen molar-refractivity contribution in [1.82, 2.24) is 4.57 Å². The zero-order chi connectivity index (χ0) is 20.7. The number of halogens is 4. The third kappa shape index (κ3) is 3.98. The minimum absolute atomic E-state index is 0.0312. The normalized spacial score (nSPS) is 13.8. The molecule has 0 fully saturated rings. The quantitative estimate of drug-likeness (QED) is 0.528. The standard InChI is InChI=1S/C21H21F4NO2/c1-13-4-5-15(22)10-16(13)20(2,3)11-14(21(23,24)25)12-26-8-6-18(27)19-17(26)7-9-28-19/h4-10,14H,11-12H2,1-3H3. The van der Waals surface area contributed by atoms with Gasteiger partial charge < -0.3 is 8.98 Å². The molecule has 28 heavy (non-hydrogen) atoms. The lowest BCUT2D eigenvalue weighted by molar-refractivity contribution is -0.183. The highest BCUT2D eigenvalue weighted by molar-refractivity contribution is 5.72. The van der Waals surface area contributed by atoms with Gasteiger partial charge in [-0.3, -0.25) is 4.79 Å². The van der Waals surface area contributed by atoms with Gasteiger partial charge in [-0.15, -0.1) is 0 Å². The molecule has 2 heterocycles. The zero-order valence-electron chi connectivity index (χ0n) is 15.8. The summed E-state index contributed by atoms with van der Waals surface area (Å²) in [6.45, 7) is 4.77. The second kappa shape index (κ2) is 7.11. The summed E-state index contributed by atoms with van der Waals surface area (Å²) in [4.78, 5) is 11.8. The molecule has 3 nitrogen and oxygen atoms in total. The first kappa shape index (κ1) is 20.2. The maximum Gasteiger partial charge on any atom is 0.393 e. The minimum Gasteiger partial charge on any atom is -0.459 e. The predicted molar refractivity (Wildman–Crippen MR) is 98.8 cm³/mol. The van der Waals surface area contributed by atoms with Crippen LogP contribution in [0.3, 0.4) is 0 Å². The van der Waals surface area contributed by atoms with E-state index in [2.05, 4.69) is 0 Å². The smallest absolute Gasteiger partial charge is 0.393 e. The Kier molecular flexibility index (Phi) is 5.12. The second-order valence-corrected chi connectivity index (χ2v) is 7.75. The van der Waals surface area contributed by atoms with Gasteiger partial charge in [-0.05, 0) is 42.0 Å². The number of benzene rings is 1. The summed E-state index contributed by atoms with van der Waals surface area (Å²) >= 11 is 0. The number of aromatic nitrogens is 1. The summed E-state index contributed by atoms with van der Waals surface area (Å²) in [5, 5.41) is 0. The maximum atomic E-state index is 13.9. The van der Waals surface area contributed by atoms with Gasteiger partial charge in [0.15, 0.2) is 5.58 Å². The van der Waals surface area contributed by atoms with Crippen LogP contribution >= 0.6 is 0 Å². The fraction of sp³-hybridized carbons (Fsp3) is 0.381. The number of rotatable bonds is 5. The summed E-state index contributed by atoms with van der Waals surface area (Å²) < 4.78 is 61.8. The molecule has 0 aliphatic carbocycles. The van der Waals surface area contributed by atoms with E-state index in [0.29, 0.717) is 11.1 Å². The van der Waals surface area contributed by atoms with Gasteiger partial charge in [0.05, 0.1) is 17.7 Å². The molecule has 0 amide bonds. The molecule has 0 saturated heterocycles. The number of pyridine rings is 1. The minimum atomic E-state index is -4.46. The molecule has 3 aromatic rings. The second-order valence-electron chi connectivity index (χ2n) is 7.75. The summed E-state index contributed by atoms with van der Waals surface area (Å²) in [5.74, 6) is -2.16. The van der Waals surface area contributed by atoms with E-state index in [0.717, 1.165) is 5.56 Å². The van der Waals surface area contributed by atoms with Crippen LogP contribution in [0.2, 0.25) is 0 Å². The molecule has 0 aliphatic rings. The summed E-state index contributed by atoms with van der Waals surface area (Å²) in [5.41, 5.74) is 0.365. The van der Waals surface area contributed by atoms with E-state index in [1.54, 1.807) is 26.8 Å². The molecule has 1 unspecified atom stereocenters. The molecule has 0 spiro atoms. The van der Waals surface area contributed by atoms with Gasteiger partial charge in [-0.2, -0.15) is 13.2 Å². The molecular weight excluding hydrogens is 374 g/mol. The van der Waals surface area contributed by atoms with Crippen LogP contribution in [0, 0.1) is 18.7 Å². The van der Waals surface area contributed by atoms with Crippen molar-refractivity contribution >= 4 is 11.1 Å². The van der Waals surface area contributed by atoms with E-state index in [4.69, 9.17) is 4.42 Å². The Morgan fingerprint density at radius 3 is 2.54 bits per heavy atom. The van der Waals surface area contributed by atoms with E-state index in [9.17, 15) is 22.4 Å². The van der Waals surface area contributed by atoms with Crippen molar-refractivity contribution < 1.29 is 22.0 Å². The highest BCUT2D eigenvalue weighted by Crippen LogP contribution is 2.40. The van der Waals surface area contributed by atoms with Crippen LogP contribution in [0.4, 0.5) is 17.6 Å². The lowest BCUT2D eigenvalue weighted by Gasteiger charge is -2.33. The molecule has 0 radical (unpaired) electrons. The topological polar surface area (TPSA) is 35.1 Å². The SMILES string of the molecule is Cc1ccc(F)cc1C(C)(C)CC(Cn1ccc(=O)c2occc21)C(F)(F)F. The van der Waals surface area contributed by atoms with Crippen LogP contribution in [0.1, 0.15) is 31.4 Å². The maximum absolute atomic E-state index is 13.9. The Morgan fingerprint density at radius 2 is 1.86 bits per heavy atom. The highest BCUT2D eigenvalue weighted by atomic mass is 19.4. The summed E-state index contributed by atoms with van der Waals surface area (Å²) in [6, 6.07) is 6.85. The molecule has 0 saturated carbocycles. The number of nitrogens with zero attached hydrogens (tertiary/aromatic N) is 1. The molecular formula is C21H21F4NO2. The fourth-order valence-electron chi connectivity index (χ4n) is 3.76. The van der Waals surface area contributed by atoms with Gasteiger partial charge >= 0.3 is 6.18 Å². The van der Waals surface area contributed by atoms with Crippen molar-refractivity contribution in [3.63, 3.8) is 0 Å². The number of aryl methyl sites for hydroxylation is 1. The van der Waals surface area contributed by atoms with Crippen LogP contribution in [0.15, 0.2) is 52.0 Å². The van der Waals surface area contributed by atoms with Crippen molar-refractivity contribution in [1.29, 1.82) is 0 Å². The monoisotopic (exact) mass is 395 g/mol. The van der Waals surface area contributed by atoms with Gasteiger partial charge in [-0.1, -0.05) is 19.9 Å². The molecule has 0 N–H and O–H groups in total. The van der Waals surface area contributed by atoms with Gasteiger partial charge in [-0.25, -0.2) is 4.39 Å². The molecule has 0 bridgehead atoms. The molecule has 150 valence electrons. The summed E-state index contributed by atoms with van der Waals surface area (Å²) in [6.07, 6.45) is -2.06. The van der Waals surface area contributed by atoms with Crippen molar-refractivity contribution in [2.24, 2.45) is 5.92 Å². The average Bonchev–Trinajstić information content (AvgIpc) is 3.08. The van der Waals surface area contributed by atoms with Crippen molar-refractivity contribution in [3.05, 3.63) is 70.0 Å². The predicted octanol–water partition coefficient (Wildman–Crippen LogP) is 5.59.